The standard InChI is InChI=1S/C18H19NO2S/c1-15-9-11-18(12-10-15)22(20,21)19-13-5-8-17(19)14-16-6-3-2-4-7-16/h2-4,6-7,9-12,14H,5,8,13H2,1H3/b17-14+. The van der Waals surface area contributed by atoms with Gasteiger partial charge in [-0.3, -0.25) is 4.31 Å². The van der Waals surface area contributed by atoms with Crippen molar-refractivity contribution in [3.8, 4) is 0 Å². The van der Waals surface area contributed by atoms with Gasteiger partial charge in [0.1, 0.15) is 0 Å². The van der Waals surface area contributed by atoms with Crippen LogP contribution in [-0.2, 0) is 10.0 Å². The van der Waals surface area contributed by atoms with Crippen LogP contribution in [0, 0.1) is 6.92 Å². The van der Waals surface area contributed by atoms with Crippen molar-refractivity contribution in [3.05, 3.63) is 71.4 Å². The summed E-state index contributed by atoms with van der Waals surface area (Å²) < 4.78 is 27.2. The highest BCUT2D eigenvalue weighted by molar-refractivity contribution is 7.89. The quantitative estimate of drug-likeness (QED) is 0.864. The second-order valence-corrected chi connectivity index (χ2v) is 7.40. The number of allylic oxidation sites excluding steroid dienone is 1. The topological polar surface area (TPSA) is 37.4 Å². The van der Waals surface area contributed by atoms with Crippen molar-refractivity contribution in [1.82, 2.24) is 4.31 Å². The number of hydrogen-bond acceptors (Lipinski definition) is 2. The summed E-state index contributed by atoms with van der Waals surface area (Å²) in [5.74, 6) is 0. The highest BCUT2D eigenvalue weighted by Gasteiger charge is 2.29. The van der Waals surface area contributed by atoms with Crippen LogP contribution in [0.5, 0.6) is 0 Å². The molecule has 1 heterocycles. The number of hydrogen-bond donors (Lipinski definition) is 0. The summed E-state index contributed by atoms with van der Waals surface area (Å²) in [4.78, 5) is 0.360. The molecular formula is C18H19NO2S. The number of sulfonamides is 1. The van der Waals surface area contributed by atoms with Gasteiger partial charge in [0.2, 0.25) is 0 Å². The average molecular weight is 313 g/mol. The number of aryl methyl sites for hydroxylation is 1. The van der Waals surface area contributed by atoms with Gasteiger partial charge in [0.25, 0.3) is 10.0 Å². The van der Waals surface area contributed by atoms with E-state index in [1.165, 1.54) is 0 Å². The average Bonchev–Trinajstić information content (AvgIpc) is 2.98. The smallest absolute Gasteiger partial charge is 0.264 e. The molecule has 0 amide bonds. The second-order valence-electron chi connectivity index (χ2n) is 5.54. The van der Waals surface area contributed by atoms with Crippen molar-refractivity contribution in [2.24, 2.45) is 0 Å². The molecule has 2 aromatic carbocycles. The van der Waals surface area contributed by atoms with Crippen LogP contribution in [0.4, 0.5) is 0 Å². The largest absolute Gasteiger partial charge is 0.270 e. The van der Waals surface area contributed by atoms with Gasteiger partial charge < -0.3 is 0 Å². The number of rotatable bonds is 3. The third-order valence-electron chi connectivity index (χ3n) is 3.86. The van der Waals surface area contributed by atoms with Crippen molar-refractivity contribution in [3.63, 3.8) is 0 Å². The lowest BCUT2D eigenvalue weighted by molar-refractivity contribution is 0.512. The molecule has 114 valence electrons. The Hall–Kier alpha value is -2.07. The Morgan fingerprint density at radius 1 is 1.00 bits per heavy atom. The fourth-order valence-electron chi connectivity index (χ4n) is 2.67. The maximum Gasteiger partial charge on any atom is 0.264 e. The molecule has 1 saturated heterocycles. The molecule has 0 radical (unpaired) electrons. The minimum absolute atomic E-state index is 0.360. The van der Waals surface area contributed by atoms with Crippen LogP contribution in [0.25, 0.3) is 6.08 Å². The van der Waals surface area contributed by atoms with E-state index in [1.807, 2.05) is 55.5 Å². The van der Waals surface area contributed by atoms with E-state index in [1.54, 1.807) is 16.4 Å². The van der Waals surface area contributed by atoms with Gasteiger partial charge in [0.05, 0.1) is 4.90 Å². The van der Waals surface area contributed by atoms with E-state index < -0.39 is 10.0 Å². The first-order valence-electron chi connectivity index (χ1n) is 7.42. The number of nitrogens with zero attached hydrogens (tertiary/aromatic N) is 1. The van der Waals surface area contributed by atoms with Crippen molar-refractivity contribution in [2.45, 2.75) is 24.7 Å². The molecule has 0 N–H and O–H groups in total. The highest BCUT2D eigenvalue weighted by atomic mass is 32.2. The van der Waals surface area contributed by atoms with Crippen LogP contribution in [-0.4, -0.2) is 19.3 Å². The van der Waals surface area contributed by atoms with E-state index in [9.17, 15) is 8.42 Å². The molecule has 0 atom stereocenters. The Kier molecular flexibility index (Phi) is 4.03. The maximum absolute atomic E-state index is 12.8. The van der Waals surface area contributed by atoms with Crippen molar-refractivity contribution < 1.29 is 8.42 Å². The summed E-state index contributed by atoms with van der Waals surface area (Å²) in [7, 11) is -3.46. The van der Waals surface area contributed by atoms with Gasteiger partial charge in [-0.1, -0.05) is 48.0 Å². The van der Waals surface area contributed by atoms with Gasteiger partial charge in [-0.2, -0.15) is 0 Å². The van der Waals surface area contributed by atoms with Gasteiger partial charge in [0.15, 0.2) is 0 Å². The fourth-order valence-corrected chi connectivity index (χ4v) is 4.23. The third kappa shape index (κ3) is 2.92. The van der Waals surface area contributed by atoms with Crippen molar-refractivity contribution in [1.29, 1.82) is 0 Å². The summed E-state index contributed by atoms with van der Waals surface area (Å²) in [5.41, 5.74) is 2.95. The van der Waals surface area contributed by atoms with Crippen LogP contribution in [0.3, 0.4) is 0 Å². The van der Waals surface area contributed by atoms with Gasteiger partial charge in [0, 0.05) is 12.2 Å². The molecule has 1 aliphatic heterocycles. The van der Waals surface area contributed by atoms with Crippen LogP contribution in [0.15, 0.2) is 65.2 Å². The Labute approximate surface area is 132 Å². The minimum atomic E-state index is -3.46. The van der Waals surface area contributed by atoms with Gasteiger partial charge in [-0.25, -0.2) is 8.42 Å². The molecule has 0 unspecified atom stereocenters. The Morgan fingerprint density at radius 3 is 2.36 bits per heavy atom. The van der Waals surface area contributed by atoms with E-state index in [4.69, 9.17) is 0 Å². The Bertz CT molecular complexity index is 778. The molecule has 4 heteroatoms. The molecule has 0 aromatic heterocycles. The first-order chi connectivity index (χ1) is 10.6. The zero-order valence-corrected chi connectivity index (χ0v) is 13.4. The van der Waals surface area contributed by atoms with Crippen molar-refractivity contribution >= 4 is 16.1 Å². The van der Waals surface area contributed by atoms with E-state index in [-0.39, 0.29) is 0 Å². The van der Waals surface area contributed by atoms with E-state index in [2.05, 4.69) is 0 Å². The summed E-state index contributed by atoms with van der Waals surface area (Å²) in [6, 6.07) is 16.9. The summed E-state index contributed by atoms with van der Waals surface area (Å²) in [6.45, 7) is 2.50. The Morgan fingerprint density at radius 2 is 1.68 bits per heavy atom. The lowest BCUT2D eigenvalue weighted by Gasteiger charge is -2.20. The van der Waals surface area contributed by atoms with Crippen LogP contribution < -0.4 is 0 Å². The predicted molar refractivity (Wildman–Crippen MR) is 88.7 cm³/mol. The van der Waals surface area contributed by atoms with E-state index >= 15 is 0 Å². The van der Waals surface area contributed by atoms with E-state index in [0.717, 1.165) is 29.7 Å². The lowest BCUT2D eigenvalue weighted by Crippen LogP contribution is -2.26. The Balaban J connectivity index is 1.96. The van der Waals surface area contributed by atoms with Gasteiger partial charge in [-0.05, 0) is 43.5 Å². The molecular weight excluding hydrogens is 294 g/mol. The minimum Gasteiger partial charge on any atom is -0.270 e. The summed E-state index contributed by atoms with van der Waals surface area (Å²) in [5, 5.41) is 0. The van der Waals surface area contributed by atoms with Crippen molar-refractivity contribution in [2.75, 3.05) is 6.54 Å². The van der Waals surface area contributed by atoms with E-state index in [0.29, 0.717) is 11.4 Å². The molecule has 0 bridgehead atoms. The zero-order chi connectivity index (χ0) is 15.6. The normalized spacial score (nSPS) is 17.1. The van der Waals surface area contributed by atoms with Gasteiger partial charge in [-0.15, -0.1) is 0 Å². The molecule has 1 aliphatic rings. The number of benzene rings is 2. The molecule has 3 rings (SSSR count). The SMILES string of the molecule is Cc1ccc(S(=O)(=O)N2CCC/C2=C\c2ccccc2)cc1. The third-order valence-corrected chi connectivity index (χ3v) is 5.72. The lowest BCUT2D eigenvalue weighted by atomic mass is 10.2. The maximum atomic E-state index is 12.8. The first-order valence-corrected chi connectivity index (χ1v) is 8.86. The molecule has 0 spiro atoms. The van der Waals surface area contributed by atoms with Crippen LogP contribution in [0.2, 0.25) is 0 Å². The molecule has 2 aromatic rings. The molecule has 0 saturated carbocycles. The van der Waals surface area contributed by atoms with Crippen LogP contribution in [0.1, 0.15) is 24.0 Å². The second kappa shape index (κ2) is 5.97. The molecule has 0 aliphatic carbocycles. The fraction of sp³-hybridized carbons (Fsp3) is 0.222. The predicted octanol–water partition coefficient (Wildman–Crippen LogP) is 3.82. The summed E-state index contributed by atoms with van der Waals surface area (Å²) in [6.07, 6.45) is 3.63. The van der Waals surface area contributed by atoms with Gasteiger partial charge >= 0.3 is 0 Å². The van der Waals surface area contributed by atoms with Crippen LogP contribution >= 0.6 is 0 Å². The highest BCUT2D eigenvalue weighted by Crippen LogP contribution is 2.30. The molecule has 1 fully saturated rings. The molecule has 22 heavy (non-hydrogen) atoms. The monoisotopic (exact) mass is 313 g/mol. The molecule has 3 nitrogen and oxygen atoms in total. The summed E-state index contributed by atoms with van der Waals surface area (Å²) >= 11 is 0. The zero-order valence-electron chi connectivity index (χ0n) is 12.6. The first kappa shape index (κ1) is 14.9.